The summed E-state index contributed by atoms with van der Waals surface area (Å²) in [5.41, 5.74) is 0.977. The molecule has 1 aromatic rings. The van der Waals surface area contributed by atoms with Crippen LogP contribution >= 0.6 is 11.8 Å². The zero-order valence-electron chi connectivity index (χ0n) is 11.9. The molecule has 4 nitrogen and oxygen atoms in total. The van der Waals surface area contributed by atoms with Gasteiger partial charge in [0.2, 0.25) is 0 Å². The van der Waals surface area contributed by atoms with E-state index >= 15 is 0 Å². The molecule has 0 atom stereocenters. The highest BCUT2D eigenvalue weighted by Crippen LogP contribution is 2.29. The van der Waals surface area contributed by atoms with Gasteiger partial charge in [-0.05, 0) is 38.3 Å². The summed E-state index contributed by atoms with van der Waals surface area (Å²) in [5, 5.41) is 20.0. The van der Waals surface area contributed by atoms with E-state index < -0.39 is 11.6 Å². The minimum atomic E-state index is -0.968. The Kier molecular flexibility index (Phi) is 5.38. The molecule has 1 aromatic heterocycles. The van der Waals surface area contributed by atoms with Crippen LogP contribution in [0, 0.1) is 13.8 Å². The normalized spacial score (nSPS) is 11.6. The van der Waals surface area contributed by atoms with Crippen molar-refractivity contribution in [3.63, 3.8) is 0 Å². The molecule has 5 heteroatoms. The number of aromatic nitrogens is 1. The second-order valence-electron chi connectivity index (χ2n) is 4.79. The lowest BCUT2D eigenvalue weighted by Crippen LogP contribution is -2.29. The zero-order valence-corrected chi connectivity index (χ0v) is 12.7. The number of carboxylic acids is 1. The van der Waals surface area contributed by atoms with Gasteiger partial charge in [-0.2, -0.15) is 0 Å². The molecule has 106 valence electrons. The largest absolute Gasteiger partial charge is 0.478 e. The number of nitrogens with zero attached hydrogens (tertiary/aromatic N) is 1. The van der Waals surface area contributed by atoms with E-state index in [1.165, 1.54) is 11.8 Å². The van der Waals surface area contributed by atoms with Crippen molar-refractivity contribution < 1.29 is 15.0 Å². The van der Waals surface area contributed by atoms with Crippen LogP contribution in [-0.4, -0.2) is 32.5 Å². The van der Waals surface area contributed by atoms with Gasteiger partial charge < -0.3 is 10.2 Å². The molecule has 0 aromatic carbocycles. The average Bonchev–Trinajstić information content (AvgIpc) is 2.34. The SMILES string of the molecule is CCC(O)(CC)CSc1nc(C)cc(C)c1C(=O)O. The van der Waals surface area contributed by atoms with E-state index in [0.29, 0.717) is 29.2 Å². The molecule has 1 rings (SSSR count). The number of hydrogen-bond acceptors (Lipinski definition) is 4. The van der Waals surface area contributed by atoms with E-state index in [9.17, 15) is 15.0 Å². The quantitative estimate of drug-likeness (QED) is 0.785. The Balaban J connectivity index is 3.04. The number of aromatic carboxylic acids is 1. The van der Waals surface area contributed by atoms with Gasteiger partial charge in [-0.25, -0.2) is 9.78 Å². The summed E-state index contributed by atoms with van der Waals surface area (Å²) in [6.45, 7) is 7.47. The first-order chi connectivity index (χ1) is 8.83. The van der Waals surface area contributed by atoms with E-state index in [1.807, 2.05) is 20.8 Å². The standard InChI is InChI=1S/C14H21NO3S/c1-5-14(18,6-2)8-19-12-11(13(16)17)9(3)7-10(4)15-12/h7,18H,5-6,8H2,1-4H3,(H,16,17). The maximum absolute atomic E-state index is 11.3. The predicted molar refractivity (Wildman–Crippen MR) is 76.9 cm³/mol. The summed E-state index contributed by atoms with van der Waals surface area (Å²) in [7, 11) is 0. The highest BCUT2D eigenvalue weighted by molar-refractivity contribution is 7.99. The molecular formula is C14H21NO3S. The maximum atomic E-state index is 11.3. The number of rotatable bonds is 6. The third-order valence-corrected chi connectivity index (χ3v) is 4.57. The predicted octanol–water partition coefficient (Wildman–Crippen LogP) is 3.04. The number of carboxylic acid groups (broad SMARTS) is 1. The number of carbonyl (C=O) groups is 1. The van der Waals surface area contributed by atoms with Crippen LogP contribution in [0.5, 0.6) is 0 Å². The minimum Gasteiger partial charge on any atom is -0.478 e. The van der Waals surface area contributed by atoms with Crippen molar-refractivity contribution in [3.05, 3.63) is 22.9 Å². The Bertz CT molecular complexity index is 470. The number of hydrogen-bond donors (Lipinski definition) is 2. The average molecular weight is 283 g/mol. The van der Waals surface area contributed by atoms with E-state index in [1.54, 1.807) is 13.0 Å². The first-order valence-electron chi connectivity index (χ1n) is 6.39. The van der Waals surface area contributed by atoms with Crippen molar-refractivity contribution in [3.8, 4) is 0 Å². The number of aliphatic hydroxyl groups is 1. The van der Waals surface area contributed by atoms with Crippen LogP contribution in [0.25, 0.3) is 0 Å². The second kappa shape index (κ2) is 6.39. The first-order valence-corrected chi connectivity index (χ1v) is 7.38. The molecule has 0 aliphatic heterocycles. The Morgan fingerprint density at radius 2 is 1.95 bits per heavy atom. The third-order valence-electron chi connectivity index (χ3n) is 3.32. The van der Waals surface area contributed by atoms with Crippen molar-refractivity contribution in [2.24, 2.45) is 0 Å². The summed E-state index contributed by atoms with van der Waals surface area (Å²) in [6, 6.07) is 1.76. The van der Waals surface area contributed by atoms with Crippen LogP contribution in [0.4, 0.5) is 0 Å². The van der Waals surface area contributed by atoms with Crippen LogP contribution in [0.3, 0.4) is 0 Å². The van der Waals surface area contributed by atoms with Gasteiger partial charge in [-0.3, -0.25) is 0 Å². The van der Waals surface area contributed by atoms with Gasteiger partial charge in [-0.15, -0.1) is 11.8 Å². The molecular weight excluding hydrogens is 262 g/mol. The summed E-state index contributed by atoms with van der Waals surface area (Å²) in [6.07, 6.45) is 1.29. The Labute approximate surface area is 118 Å². The molecule has 1 heterocycles. The van der Waals surface area contributed by atoms with Gasteiger partial charge in [0.25, 0.3) is 0 Å². The fourth-order valence-electron chi connectivity index (χ4n) is 1.82. The lowest BCUT2D eigenvalue weighted by Gasteiger charge is -2.24. The summed E-state index contributed by atoms with van der Waals surface area (Å²) in [4.78, 5) is 15.6. The molecule has 0 aliphatic rings. The van der Waals surface area contributed by atoms with Crippen molar-refractivity contribution in [1.29, 1.82) is 0 Å². The van der Waals surface area contributed by atoms with Crippen LogP contribution in [-0.2, 0) is 0 Å². The summed E-state index contributed by atoms with van der Waals surface area (Å²) >= 11 is 1.32. The fourth-order valence-corrected chi connectivity index (χ4v) is 3.24. The van der Waals surface area contributed by atoms with Crippen LogP contribution in [0.15, 0.2) is 11.1 Å². The molecule has 2 N–H and O–H groups in total. The van der Waals surface area contributed by atoms with Gasteiger partial charge in [0.15, 0.2) is 0 Å². The molecule has 0 bridgehead atoms. The lowest BCUT2D eigenvalue weighted by atomic mass is 10.0. The Morgan fingerprint density at radius 1 is 1.37 bits per heavy atom. The molecule has 0 unspecified atom stereocenters. The van der Waals surface area contributed by atoms with Crippen molar-refractivity contribution in [1.82, 2.24) is 4.98 Å². The molecule has 0 radical (unpaired) electrons. The summed E-state index contributed by atoms with van der Waals surface area (Å²) in [5.74, 6) is -0.514. The van der Waals surface area contributed by atoms with Crippen LogP contribution < -0.4 is 0 Å². The van der Waals surface area contributed by atoms with Gasteiger partial charge in [-0.1, -0.05) is 13.8 Å². The molecule has 0 fully saturated rings. The number of aryl methyl sites for hydroxylation is 2. The maximum Gasteiger partial charge on any atom is 0.338 e. The molecule has 0 amide bonds. The van der Waals surface area contributed by atoms with E-state index in [-0.39, 0.29) is 5.56 Å². The lowest BCUT2D eigenvalue weighted by molar-refractivity contribution is 0.0570. The van der Waals surface area contributed by atoms with Gasteiger partial charge in [0.1, 0.15) is 5.03 Å². The monoisotopic (exact) mass is 283 g/mol. The number of pyridine rings is 1. The van der Waals surface area contributed by atoms with Gasteiger partial charge in [0, 0.05) is 11.4 Å². The number of thioether (sulfide) groups is 1. The van der Waals surface area contributed by atoms with E-state index in [2.05, 4.69) is 4.98 Å². The van der Waals surface area contributed by atoms with Gasteiger partial charge >= 0.3 is 5.97 Å². The topological polar surface area (TPSA) is 70.4 Å². The van der Waals surface area contributed by atoms with Crippen molar-refractivity contribution in [2.75, 3.05) is 5.75 Å². The first kappa shape index (κ1) is 16.0. The highest BCUT2D eigenvalue weighted by atomic mass is 32.2. The van der Waals surface area contributed by atoms with E-state index in [0.717, 1.165) is 5.69 Å². The fraction of sp³-hybridized carbons (Fsp3) is 0.571. The smallest absolute Gasteiger partial charge is 0.338 e. The van der Waals surface area contributed by atoms with Crippen molar-refractivity contribution in [2.45, 2.75) is 51.2 Å². The van der Waals surface area contributed by atoms with E-state index in [4.69, 9.17) is 0 Å². The van der Waals surface area contributed by atoms with Crippen LogP contribution in [0.2, 0.25) is 0 Å². The summed E-state index contributed by atoms with van der Waals surface area (Å²) < 4.78 is 0. The molecule has 0 spiro atoms. The van der Waals surface area contributed by atoms with Crippen LogP contribution in [0.1, 0.15) is 48.3 Å². The molecule has 0 saturated carbocycles. The highest BCUT2D eigenvalue weighted by Gasteiger charge is 2.24. The molecule has 19 heavy (non-hydrogen) atoms. The zero-order chi connectivity index (χ0) is 14.6. The second-order valence-corrected chi connectivity index (χ2v) is 5.75. The molecule has 0 saturated heterocycles. The van der Waals surface area contributed by atoms with Crippen molar-refractivity contribution >= 4 is 17.7 Å². The van der Waals surface area contributed by atoms with Gasteiger partial charge in [0.05, 0.1) is 11.2 Å². The molecule has 0 aliphatic carbocycles. The Hall–Kier alpha value is -1.07. The minimum absolute atomic E-state index is 0.241. The Morgan fingerprint density at radius 3 is 2.42 bits per heavy atom. The third kappa shape index (κ3) is 3.94.